The summed E-state index contributed by atoms with van der Waals surface area (Å²) in [5, 5.41) is 25.4. The van der Waals surface area contributed by atoms with Crippen molar-refractivity contribution in [1.29, 1.82) is 0 Å². The van der Waals surface area contributed by atoms with E-state index in [2.05, 4.69) is 5.32 Å². The van der Waals surface area contributed by atoms with Gasteiger partial charge in [-0.15, -0.1) is 0 Å². The lowest BCUT2D eigenvalue weighted by molar-refractivity contribution is -0.387. The first-order chi connectivity index (χ1) is 21.9. The summed E-state index contributed by atoms with van der Waals surface area (Å²) < 4.78 is 65.4. The standard InChI is InChI=1S/C28H35N5O12S2/c1-28(2,3)44-27(35)30-16-14-19(15-17-30)29-26(34)24-13-10-21(45-47(42,43)25-7-5-4-6-23(25)33(38)39)18-31(24)46(40,41)22-11-8-20(9-12-22)32(36)37/h4-9,11-12,19,21,24H,10,13-18H2,1-3H3,(H,29,34)/t21-,24-/m0/s1. The zero-order chi connectivity index (χ0) is 34.7. The maximum absolute atomic E-state index is 13.9. The van der Waals surface area contributed by atoms with Crippen molar-refractivity contribution < 1.29 is 45.2 Å². The molecule has 2 fully saturated rings. The molecule has 2 aromatic rings. The first-order valence-electron chi connectivity index (χ1n) is 14.6. The first-order valence-corrected chi connectivity index (χ1v) is 17.4. The molecular formula is C28H35N5O12S2. The van der Waals surface area contributed by atoms with Crippen molar-refractivity contribution in [2.24, 2.45) is 0 Å². The van der Waals surface area contributed by atoms with Crippen molar-refractivity contribution in [1.82, 2.24) is 14.5 Å². The van der Waals surface area contributed by atoms with Gasteiger partial charge in [-0.1, -0.05) is 12.1 Å². The summed E-state index contributed by atoms with van der Waals surface area (Å²) >= 11 is 0. The van der Waals surface area contributed by atoms with Crippen LogP contribution in [0.25, 0.3) is 0 Å². The normalized spacial score (nSPS) is 19.9. The van der Waals surface area contributed by atoms with E-state index in [1.54, 1.807) is 20.8 Å². The van der Waals surface area contributed by atoms with Crippen molar-refractivity contribution in [2.75, 3.05) is 19.6 Å². The third-order valence-corrected chi connectivity index (χ3v) is 10.8. The number of rotatable bonds is 9. The molecule has 2 aliphatic heterocycles. The van der Waals surface area contributed by atoms with Gasteiger partial charge >= 0.3 is 16.2 Å². The van der Waals surface area contributed by atoms with Crippen LogP contribution in [0.5, 0.6) is 0 Å². The fourth-order valence-corrected chi connectivity index (χ4v) is 8.18. The van der Waals surface area contributed by atoms with E-state index in [-0.39, 0.29) is 36.5 Å². The van der Waals surface area contributed by atoms with Gasteiger partial charge in [0, 0.05) is 43.9 Å². The number of hydrogen-bond acceptors (Lipinski definition) is 12. The minimum atomic E-state index is -4.75. The highest BCUT2D eigenvalue weighted by atomic mass is 32.2. The van der Waals surface area contributed by atoms with Crippen LogP contribution >= 0.6 is 0 Å². The fourth-order valence-electron chi connectivity index (χ4n) is 5.27. The highest BCUT2D eigenvalue weighted by molar-refractivity contribution is 7.89. The Hall–Kier alpha value is -4.20. The summed E-state index contributed by atoms with van der Waals surface area (Å²) in [6.45, 7) is 5.19. The molecule has 47 heavy (non-hydrogen) atoms. The number of amides is 2. The second-order valence-electron chi connectivity index (χ2n) is 12.1. The molecule has 2 aromatic carbocycles. The lowest BCUT2D eigenvalue weighted by Crippen LogP contribution is -2.57. The molecule has 19 heteroatoms. The van der Waals surface area contributed by atoms with Crippen LogP contribution in [0.3, 0.4) is 0 Å². The van der Waals surface area contributed by atoms with E-state index in [1.807, 2.05) is 0 Å². The molecule has 1 N–H and O–H groups in total. The molecule has 0 saturated carbocycles. The predicted molar refractivity (Wildman–Crippen MR) is 164 cm³/mol. The van der Waals surface area contributed by atoms with Crippen LogP contribution in [0.2, 0.25) is 0 Å². The van der Waals surface area contributed by atoms with Crippen molar-refractivity contribution in [3.05, 3.63) is 68.8 Å². The molecule has 0 unspecified atom stereocenters. The van der Waals surface area contributed by atoms with Crippen molar-refractivity contribution in [3.63, 3.8) is 0 Å². The molecule has 0 bridgehead atoms. The summed E-state index contributed by atoms with van der Waals surface area (Å²) in [5.74, 6) is -0.661. The second-order valence-corrected chi connectivity index (χ2v) is 15.5. The number of likely N-dealkylation sites (tertiary alicyclic amines) is 1. The molecule has 0 aromatic heterocycles. The topological polar surface area (TPSA) is 226 Å². The summed E-state index contributed by atoms with van der Waals surface area (Å²) in [7, 11) is -9.30. The van der Waals surface area contributed by atoms with Crippen LogP contribution in [-0.2, 0) is 33.9 Å². The fraction of sp³-hybridized carbons (Fsp3) is 0.500. The van der Waals surface area contributed by atoms with Gasteiger partial charge in [0.25, 0.3) is 11.4 Å². The molecule has 2 atom stereocenters. The van der Waals surface area contributed by atoms with Crippen molar-refractivity contribution in [3.8, 4) is 0 Å². The average molecular weight is 698 g/mol. The minimum Gasteiger partial charge on any atom is -0.444 e. The molecule has 17 nitrogen and oxygen atoms in total. The molecule has 0 aliphatic carbocycles. The minimum absolute atomic E-state index is 0.0959. The van der Waals surface area contributed by atoms with Crippen LogP contribution in [0.15, 0.2) is 58.3 Å². The number of ether oxygens (including phenoxy) is 1. The van der Waals surface area contributed by atoms with Crippen molar-refractivity contribution in [2.45, 2.75) is 80.0 Å². The molecule has 2 saturated heterocycles. The van der Waals surface area contributed by atoms with Crippen LogP contribution in [-0.4, -0.2) is 91.3 Å². The number of benzene rings is 2. The van der Waals surface area contributed by atoms with Gasteiger partial charge < -0.3 is 15.0 Å². The maximum atomic E-state index is 13.9. The number of nitrogens with one attached hydrogen (secondary N) is 1. The smallest absolute Gasteiger partial charge is 0.410 e. The number of carbonyl (C=O) groups is 2. The molecule has 4 rings (SSSR count). The predicted octanol–water partition coefficient (Wildman–Crippen LogP) is 2.95. The number of hydrogen-bond donors (Lipinski definition) is 1. The number of piperidine rings is 2. The molecule has 2 amide bonds. The monoisotopic (exact) mass is 697 g/mol. The van der Waals surface area contributed by atoms with Gasteiger partial charge in [-0.2, -0.15) is 12.7 Å². The van der Waals surface area contributed by atoms with E-state index >= 15 is 0 Å². The van der Waals surface area contributed by atoms with E-state index in [9.17, 15) is 46.7 Å². The van der Waals surface area contributed by atoms with Gasteiger partial charge in [-0.05, 0) is 64.7 Å². The molecule has 2 heterocycles. The third-order valence-electron chi connectivity index (χ3n) is 7.54. The van der Waals surface area contributed by atoms with E-state index < -0.39 is 82.9 Å². The largest absolute Gasteiger partial charge is 0.444 e. The van der Waals surface area contributed by atoms with Gasteiger partial charge in [-0.25, -0.2) is 13.2 Å². The van der Waals surface area contributed by atoms with E-state index in [1.165, 1.54) is 17.0 Å². The molecule has 0 spiro atoms. The molecule has 256 valence electrons. The number of carbonyl (C=O) groups excluding carboxylic acids is 2. The zero-order valence-corrected chi connectivity index (χ0v) is 27.4. The summed E-state index contributed by atoms with van der Waals surface area (Å²) in [6, 6.07) is 6.79. The molecular weight excluding hydrogens is 662 g/mol. The van der Waals surface area contributed by atoms with Crippen molar-refractivity contribution >= 4 is 43.5 Å². The number of nitrogens with zero attached hydrogens (tertiary/aromatic N) is 4. The van der Waals surface area contributed by atoms with E-state index in [4.69, 9.17) is 8.92 Å². The second kappa shape index (κ2) is 13.9. The average Bonchev–Trinajstić information content (AvgIpc) is 3.00. The Kier molecular flexibility index (Phi) is 10.5. The Morgan fingerprint density at radius 2 is 1.51 bits per heavy atom. The van der Waals surface area contributed by atoms with Gasteiger partial charge in [0.2, 0.25) is 15.9 Å². The number of para-hydroxylation sites is 1. The van der Waals surface area contributed by atoms with Crippen LogP contribution in [0, 0.1) is 20.2 Å². The highest BCUT2D eigenvalue weighted by Gasteiger charge is 2.44. The van der Waals surface area contributed by atoms with E-state index in [0.717, 1.165) is 40.7 Å². The van der Waals surface area contributed by atoms with Gasteiger partial charge in [0.15, 0.2) is 4.90 Å². The van der Waals surface area contributed by atoms with Crippen LogP contribution in [0.1, 0.15) is 46.5 Å². The summed E-state index contributed by atoms with van der Waals surface area (Å²) in [6.07, 6.45) is -1.35. The molecule has 0 radical (unpaired) electrons. The SMILES string of the molecule is CC(C)(C)OC(=O)N1CCC(NC(=O)[C@@H]2CC[C@H](OS(=O)(=O)c3ccccc3[N+](=O)[O-])CN2S(=O)(=O)c2ccc([N+](=O)[O-])cc2)CC1. The molecule has 2 aliphatic rings. The number of nitro groups is 2. The Bertz CT molecular complexity index is 1740. The third kappa shape index (κ3) is 8.59. The number of non-ortho nitro benzene ring substituents is 1. The lowest BCUT2D eigenvalue weighted by atomic mass is 10.00. The van der Waals surface area contributed by atoms with Crippen LogP contribution in [0.4, 0.5) is 16.2 Å². The van der Waals surface area contributed by atoms with Crippen LogP contribution < -0.4 is 5.32 Å². The van der Waals surface area contributed by atoms with Gasteiger partial charge in [-0.3, -0.25) is 29.2 Å². The Morgan fingerprint density at radius 1 is 0.894 bits per heavy atom. The first kappa shape index (κ1) is 35.7. The Balaban J connectivity index is 1.55. The Labute approximate surface area is 271 Å². The lowest BCUT2D eigenvalue weighted by Gasteiger charge is -2.39. The van der Waals surface area contributed by atoms with E-state index in [0.29, 0.717) is 12.8 Å². The zero-order valence-electron chi connectivity index (χ0n) is 25.8. The quantitative estimate of drug-likeness (QED) is 0.227. The summed E-state index contributed by atoms with van der Waals surface area (Å²) in [5.41, 5.74) is -1.78. The maximum Gasteiger partial charge on any atom is 0.410 e. The number of nitro benzene ring substituents is 2. The summed E-state index contributed by atoms with van der Waals surface area (Å²) in [4.78, 5) is 47.4. The van der Waals surface area contributed by atoms with Gasteiger partial charge in [0.05, 0.1) is 20.8 Å². The van der Waals surface area contributed by atoms with Gasteiger partial charge in [0.1, 0.15) is 11.6 Å². The highest BCUT2D eigenvalue weighted by Crippen LogP contribution is 2.32. The number of sulfonamides is 1. The Morgan fingerprint density at radius 3 is 2.09 bits per heavy atom.